The Kier molecular flexibility index (Phi) is 6.13. The summed E-state index contributed by atoms with van der Waals surface area (Å²) >= 11 is 0. The van der Waals surface area contributed by atoms with Crippen LogP contribution in [0.5, 0.6) is 5.75 Å². The molecule has 0 aromatic heterocycles. The van der Waals surface area contributed by atoms with Crippen LogP contribution >= 0.6 is 0 Å². The second-order valence-electron chi connectivity index (χ2n) is 6.72. The first kappa shape index (κ1) is 16.8. The van der Waals surface area contributed by atoms with Crippen molar-refractivity contribution in [2.24, 2.45) is 5.92 Å². The van der Waals surface area contributed by atoms with Crippen molar-refractivity contribution < 1.29 is 4.74 Å². The Balaban J connectivity index is 1.48. The van der Waals surface area contributed by atoms with Gasteiger partial charge in [0.2, 0.25) is 0 Å². The van der Waals surface area contributed by atoms with Gasteiger partial charge in [-0.2, -0.15) is 0 Å². The number of para-hydroxylation sites is 2. The maximum atomic E-state index is 6.00. The van der Waals surface area contributed by atoms with E-state index in [4.69, 9.17) is 4.74 Å². The molecule has 0 spiro atoms. The van der Waals surface area contributed by atoms with Gasteiger partial charge in [0.25, 0.3) is 0 Å². The zero-order chi connectivity index (χ0) is 16.6. The summed E-state index contributed by atoms with van der Waals surface area (Å²) in [6.45, 7) is 7.48. The summed E-state index contributed by atoms with van der Waals surface area (Å²) in [6.07, 6.45) is 2.66. The van der Waals surface area contributed by atoms with Crippen molar-refractivity contribution in [1.82, 2.24) is 4.90 Å². The van der Waals surface area contributed by atoms with Gasteiger partial charge in [-0.3, -0.25) is 0 Å². The van der Waals surface area contributed by atoms with Gasteiger partial charge in [-0.05, 0) is 49.5 Å². The smallest absolute Gasteiger partial charge is 0.142 e. The highest BCUT2D eigenvalue weighted by molar-refractivity contribution is 5.56. The van der Waals surface area contributed by atoms with Crippen molar-refractivity contribution in [2.75, 3.05) is 31.5 Å². The predicted molar refractivity (Wildman–Crippen MR) is 101 cm³/mol. The van der Waals surface area contributed by atoms with Crippen LogP contribution in [0.1, 0.15) is 25.3 Å². The molecule has 1 heterocycles. The van der Waals surface area contributed by atoms with E-state index >= 15 is 0 Å². The third-order valence-corrected chi connectivity index (χ3v) is 4.74. The lowest BCUT2D eigenvalue weighted by Crippen LogP contribution is -2.36. The van der Waals surface area contributed by atoms with E-state index in [1.165, 1.54) is 31.5 Å². The minimum Gasteiger partial charge on any atom is -0.487 e. The number of hydrogen-bond acceptors (Lipinski definition) is 3. The molecule has 24 heavy (non-hydrogen) atoms. The third-order valence-electron chi connectivity index (χ3n) is 4.74. The van der Waals surface area contributed by atoms with E-state index in [-0.39, 0.29) is 0 Å². The number of anilines is 1. The number of nitrogens with zero attached hydrogens (tertiary/aromatic N) is 1. The largest absolute Gasteiger partial charge is 0.487 e. The highest BCUT2D eigenvalue weighted by atomic mass is 16.5. The summed E-state index contributed by atoms with van der Waals surface area (Å²) in [7, 11) is 0. The molecule has 0 saturated carbocycles. The topological polar surface area (TPSA) is 24.5 Å². The standard InChI is InChI=1S/C21H28N2O/c1-18-11-14-23(15-12-18)16-13-22-20-9-5-6-10-21(20)24-17-19-7-3-2-4-8-19/h2-10,18,22H,11-17H2,1H3. The fourth-order valence-corrected chi connectivity index (χ4v) is 3.11. The van der Waals surface area contributed by atoms with Gasteiger partial charge in [0, 0.05) is 13.1 Å². The Morgan fingerprint density at radius 3 is 2.50 bits per heavy atom. The molecule has 1 fully saturated rings. The Labute approximate surface area is 145 Å². The quantitative estimate of drug-likeness (QED) is 0.816. The van der Waals surface area contributed by atoms with E-state index in [1.54, 1.807) is 0 Å². The SMILES string of the molecule is CC1CCN(CCNc2ccccc2OCc2ccccc2)CC1. The van der Waals surface area contributed by atoms with Crippen molar-refractivity contribution in [1.29, 1.82) is 0 Å². The number of nitrogens with one attached hydrogen (secondary N) is 1. The summed E-state index contributed by atoms with van der Waals surface area (Å²) in [5.74, 6) is 1.81. The number of hydrogen-bond donors (Lipinski definition) is 1. The number of piperidine rings is 1. The molecule has 0 atom stereocenters. The molecule has 2 aromatic rings. The Bertz CT molecular complexity index is 606. The second kappa shape index (κ2) is 8.74. The van der Waals surface area contributed by atoms with Crippen LogP contribution in [0.15, 0.2) is 54.6 Å². The van der Waals surface area contributed by atoms with Gasteiger partial charge in [0.1, 0.15) is 12.4 Å². The molecule has 1 saturated heterocycles. The molecule has 2 aromatic carbocycles. The first-order valence-corrected chi connectivity index (χ1v) is 9.03. The summed E-state index contributed by atoms with van der Waals surface area (Å²) in [4.78, 5) is 2.56. The maximum absolute atomic E-state index is 6.00. The number of likely N-dealkylation sites (tertiary alicyclic amines) is 1. The molecule has 1 aliphatic heterocycles. The van der Waals surface area contributed by atoms with E-state index in [0.29, 0.717) is 6.61 Å². The lowest BCUT2D eigenvalue weighted by Gasteiger charge is -2.30. The number of ether oxygens (including phenoxy) is 1. The van der Waals surface area contributed by atoms with Crippen molar-refractivity contribution >= 4 is 5.69 Å². The summed E-state index contributed by atoms with van der Waals surface area (Å²) in [5, 5.41) is 3.54. The molecular formula is C21H28N2O. The van der Waals surface area contributed by atoms with Gasteiger partial charge < -0.3 is 15.0 Å². The molecule has 0 unspecified atom stereocenters. The lowest BCUT2D eigenvalue weighted by atomic mass is 9.99. The minimum absolute atomic E-state index is 0.601. The molecule has 0 radical (unpaired) electrons. The normalized spacial score (nSPS) is 16.0. The molecule has 1 aliphatic rings. The van der Waals surface area contributed by atoms with Crippen LogP contribution in [-0.4, -0.2) is 31.1 Å². The van der Waals surface area contributed by atoms with E-state index < -0.39 is 0 Å². The van der Waals surface area contributed by atoms with Gasteiger partial charge in [0.15, 0.2) is 0 Å². The average molecular weight is 324 g/mol. The lowest BCUT2D eigenvalue weighted by molar-refractivity contribution is 0.199. The second-order valence-corrected chi connectivity index (χ2v) is 6.72. The molecule has 1 N–H and O–H groups in total. The van der Waals surface area contributed by atoms with Crippen molar-refractivity contribution in [3.05, 3.63) is 60.2 Å². The van der Waals surface area contributed by atoms with Gasteiger partial charge in [-0.25, -0.2) is 0 Å². The molecule has 3 nitrogen and oxygen atoms in total. The Hall–Kier alpha value is -2.00. The maximum Gasteiger partial charge on any atom is 0.142 e. The van der Waals surface area contributed by atoms with E-state index in [9.17, 15) is 0 Å². The minimum atomic E-state index is 0.601. The van der Waals surface area contributed by atoms with Gasteiger partial charge in [0.05, 0.1) is 5.69 Å². The molecule has 0 bridgehead atoms. The van der Waals surface area contributed by atoms with Gasteiger partial charge in [-0.1, -0.05) is 49.4 Å². The zero-order valence-corrected chi connectivity index (χ0v) is 14.6. The number of benzene rings is 2. The van der Waals surface area contributed by atoms with Crippen LogP contribution in [-0.2, 0) is 6.61 Å². The molecule has 3 rings (SSSR count). The molecule has 0 aliphatic carbocycles. The molecule has 0 amide bonds. The van der Waals surface area contributed by atoms with Crippen LogP contribution in [0.4, 0.5) is 5.69 Å². The summed E-state index contributed by atoms with van der Waals surface area (Å²) in [5.41, 5.74) is 2.27. The first-order chi connectivity index (χ1) is 11.8. The Morgan fingerprint density at radius 2 is 1.71 bits per heavy atom. The fraction of sp³-hybridized carbons (Fsp3) is 0.429. The number of rotatable bonds is 7. The van der Waals surface area contributed by atoms with Crippen LogP contribution < -0.4 is 10.1 Å². The van der Waals surface area contributed by atoms with Crippen LogP contribution in [0, 0.1) is 5.92 Å². The third kappa shape index (κ3) is 5.00. The fourth-order valence-electron chi connectivity index (χ4n) is 3.11. The predicted octanol–water partition coefficient (Wildman–Crippen LogP) is 4.41. The Morgan fingerprint density at radius 1 is 1.00 bits per heavy atom. The van der Waals surface area contributed by atoms with Gasteiger partial charge in [-0.15, -0.1) is 0 Å². The summed E-state index contributed by atoms with van der Waals surface area (Å²) < 4.78 is 6.00. The van der Waals surface area contributed by atoms with Crippen LogP contribution in [0.25, 0.3) is 0 Å². The van der Waals surface area contributed by atoms with E-state index in [0.717, 1.165) is 30.4 Å². The van der Waals surface area contributed by atoms with E-state index in [2.05, 4.69) is 41.4 Å². The molecular weight excluding hydrogens is 296 g/mol. The van der Waals surface area contributed by atoms with Crippen molar-refractivity contribution in [2.45, 2.75) is 26.4 Å². The highest BCUT2D eigenvalue weighted by Gasteiger charge is 2.15. The summed E-state index contributed by atoms with van der Waals surface area (Å²) in [6, 6.07) is 18.5. The van der Waals surface area contributed by atoms with Crippen molar-refractivity contribution in [3.63, 3.8) is 0 Å². The van der Waals surface area contributed by atoms with Gasteiger partial charge >= 0.3 is 0 Å². The zero-order valence-electron chi connectivity index (χ0n) is 14.6. The van der Waals surface area contributed by atoms with Crippen molar-refractivity contribution in [3.8, 4) is 5.75 Å². The first-order valence-electron chi connectivity index (χ1n) is 9.03. The molecule has 3 heteroatoms. The molecule has 128 valence electrons. The highest BCUT2D eigenvalue weighted by Crippen LogP contribution is 2.24. The van der Waals surface area contributed by atoms with Crippen LogP contribution in [0.3, 0.4) is 0 Å². The monoisotopic (exact) mass is 324 g/mol. The van der Waals surface area contributed by atoms with Crippen LogP contribution in [0.2, 0.25) is 0 Å². The average Bonchev–Trinajstić information content (AvgIpc) is 2.63. The van der Waals surface area contributed by atoms with E-state index in [1.807, 2.05) is 30.3 Å².